The standard InChI is InChI=1S/C20H16F2N4O2/c1-12(27)24-14-4-2-5-15(9-14)25-16-8-13(10-23-11-16)20(28)26-19-17(21)6-3-7-18(19)22/h2-11,25H,1H3,(H,24,27)(H,26,28). The van der Waals surface area contributed by atoms with Crippen LogP contribution >= 0.6 is 0 Å². The monoisotopic (exact) mass is 382 g/mol. The number of para-hydroxylation sites is 1. The minimum atomic E-state index is -0.870. The third-order valence-electron chi connectivity index (χ3n) is 3.67. The molecule has 2 amide bonds. The third-order valence-corrected chi connectivity index (χ3v) is 3.67. The van der Waals surface area contributed by atoms with E-state index in [4.69, 9.17) is 0 Å². The first kappa shape index (κ1) is 19.0. The summed E-state index contributed by atoms with van der Waals surface area (Å²) in [4.78, 5) is 27.5. The Labute approximate surface area is 159 Å². The summed E-state index contributed by atoms with van der Waals surface area (Å²) >= 11 is 0. The quantitative estimate of drug-likeness (QED) is 0.614. The fraction of sp³-hybridized carbons (Fsp3) is 0.0500. The van der Waals surface area contributed by atoms with E-state index in [1.165, 1.54) is 31.5 Å². The summed E-state index contributed by atoms with van der Waals surface area (Å²) in [5, 5.41) is 7.94. The topological polar surface area (TPSA) is 83.1 Å². The molecule has 0 spiro atoms. The third kappa shape index (κ3) is 4.67. The summed E-state index contributed by atoms with van der Waals surface area (Å²) in [7, 11) is 0. The van der Waals surface area contributed by atoms with Gasteiger partial charge in [0.2, 0.25) is 5.91 Å². The Morgan fingerprint density at radius 3 is 2.25 bits per heavy atom. The molecule has 1 heterocycles. The Bertz CT molecular complexity index is 1020. The molecule has 1 aromatic heterocycles. The predicted octanol–water partition coefficient (Wildman–Crippen LogP) is 4.31. The zero-order valence-corrected chi connectivity index (χ0v) is 14.8. The van der Waals surface area contributed by atoms with Crippen LogP contribution in [0.2, 0.25) is 0 Å². The second kappa shape index (κ2) is 8.26. The van der Waals surface area contributed by atoms with Crippen LogP contribution in [0.3, 0.4) is 0 Å². The van der Waals surface area contributed by atoms with Crippen molar-refractivity contribution in [3.63, 3.8) is 0 Å². The lowest BCUT2D eigenvalue weighted by Crippen LogP contribution is -2.14. The molecule has 0 unspecified atom stereocenters. The Balaban J connectivity index is 1.77. The molecule has 6 nitrogen and oxygen atoms in total. The van der Waals surface area contributed by atoms with Crippen LogP contribution in [-0.2, 0) is 4.79 Å². The van der Waals surface area contributed by atoms with E-state index in [0.717, 1.165) is 12.1 Å². The van der Waals surface area contributed by atoms with Crippen LogP contribution in [-0.4, -0.2) is 16.8 Å². The number of hydrogen-bond donors (Lipinski definition) is 3. The van der Waals surface area contributed by atoms with Crippen molar-refractivity contribution >= 4 is 34.6 Å². The van der Waals surface area contributed by atoms with Gasteiger partial charge in [0.1, 0.15) is 17.3 Å². The fourth-order valence-electron chi connectivity index (χ4n) is 2.48. The molecule has 3 aromatic rings. The van der Waals surface area contributed by atoms with Crippen molar-refractivity contribution in [3.05, 3.63) is 78.1 Å². The van der Waals surface area contributed by atoms with E-state index in [-0.39, 0.29) is 11.5 Å². The molecule has 0 aliphatic carbocycles. The molecule has 0 bridgehead atoms. The first-order valence-corrected chi connectivity index (χ1v) is 8.27. The van der Waals surface area contributed by atoms with Crippen molar-refractivity contribution in [1.29, 1.82) is 0 Å². The van der Waals surface area contributed by atoms with Crippen molar-refractivity contribution in [2.75, 3.05) is 16.0 Å². The van der Waals surface area contributed by atoms with Crippen molar-refractivity contribution in [3.8, 4) is 0 Å². The van der Waals surface area contributed by atoms with Crippen molar-refractivity contribution < 1.29 is 18.4 Å². The molecule has 2 aromatic carbocycles. The average molecular weight is 382 g/mol. The van der Waals surface area contributed by atoms with Gasteiger partial charge in [-0.15, -0.1) is 0 Å². The Morgan fingerprint density at radius 1 is 0.857 bits per heavy atom. The second-order valence-corrected chi connectivity index (χ2v) is 5.90. The lowest BCUT2D eigenvalue weighted by atomic mass is 10.2. The van der Waals surface area contributed by atoms with Gasteiger partial charge in [-0.1, -0.05) is 12.1 Å². The van der Waals surface area contributed by atoms with Gasteiger partial charge in [0.25, 0.3) is 5.91 Å². The van der Waals surface area contributed by atoms with Crippen LogP contribution in [0.15, 0.2) is 60.9 Å². The Kier molecular flexibility index (Phi) is 5.59. The predicted molar refractivity (Wildman–Crippen MR) is 103 cm³/mol. The molecule has 0 saturated carbocycles. The lowest BCUT2D eigenvalue weighted by Gasteiger charge is -2.11. The molecule has 142 valence electrons. The molecule has 0 saturated heterocycles. The smallest absolute Gasteiger partial charge is 0.257 e. The normalized spacial score (nSPS) is 10.2. The number of halogens is 2. The van der Waals surface area contributed by atoms with Crippen molar-refractivity contribution in [2.24, 2.45) is 0 Å². The largest absolute Gasteiger partial charge is 0.354 e. The van der Waals surface area contributed by atoms with Crippen LogP contribution in [0.5, 0.6) is 0 Å². The second-order valence-electron chi connectivity index (χ2n) is 5.90. The van der Waals surface area contributed by atoms with Gasteiger partial charge in [-0.2, -0.15) is 0 Å². The molecule has 8 heteroatoms. The number of nitrogens with zero attached hydrogens (tertiary/aromatic N) is 1. The lowest BCUT2D eigenvalue weighted by molar-refractivity contribution is -0.114. The number of carbonyl (C=O) groups excluding carboxylic acids is 2. The molecule has 3 N–H and O–H groups in total. The van der Waals surface area contributed by atoms with Gasteiger partial charge in [0.15, 0.2) is 0 Å². The number of rotatable bonds is 5. The van der Waals surface area contributed by atoms with Gasteiger partial charge in [-0.3, -0.25) is 14.6 Å². The molecular weight excluding hydrogens is 366 g/mol. The number of aromatic nitrogens is 1. The number of hydrogen-bond acceptors (Lipinski definition) is 4. The summed E-state index contributed by atoms with van der Waals surface area (Å²) in [6, 6.07) is 11.8. The van der Waals surface area contributed by atoms with E-state index in [2.05, 4.69) is 20.9 Å². The first-order chi connectivity index (χ1) is 13.4. The summed E-state index contributed by atoms with van der Waals surface area (Å²) < 4.78 is 27.4. The Hall–Kier alpha value is -3.81. The van der Waals surface area contributed by atoms with Gasteiger partial charge < -0.3 is 16.0 Å². The van der Waals surface area contributed by atoms with Crippen LogP contribution in [0, 0.1) is 11.6 Å². The number of carbonyl (C=O) groups is 2. The van der Waals surface area contributed by atoms with E-state index in [9.17, 15) is 18.4 Å². The SMILES string of the molecule is CC(=O)Nc1cccc(Nc2cncc(C(=O)Nc3c(F)cccc3F)c2)c1. The summed E-state index contributed by atoms with van der Waals surface area (Å²) in [6.45, 7) is 1.41. The van der Waals surface area contributed by atoms with E-state index in [1.807, 2.05) is 0 Å². The number of amides is 2. The van der Waals surface area contributed by atoms with E-state index >= 15 is 0 Å². The highest BCUT2D eigenvalue weighted by atomic mass is 19.1. The number of pyridine rings is 1. The minimum Gasteiger partial charge on any atom is -0.354 e. The van der Waals surface area contributed by atoms with Crippen LogP contribution in [0.25, 0.3) is 0 Å². The molecule has 0 radical (unpaired) electrons. The van der Waals surface area contributed by atoms with Crippen molar-refractivity contribution in [2.45, 2.75) is 6.92 Å². The number of anilines is 4. The van der Waals surface area contributed by atoms with Crippen LogP contribution < -0.4 is 16.0 Å². The first-order valence-electron chi connectivity index (χ1n) is 8.27. The number of benzene rings is 2. The minimum absolute atomic E-state index is 0.116. The fourth-order valence-corrected chi connectivity index (χ4v) is 2.48. The van der Waals surface area contributed by atoms with Crippen LogP contribution in [0.4, 0.5) is 31.5 Å². The van der Waals surface area contributed by atoms with Gasteiger partial charge >= 0.3 is 0 Å². The molecule has 0 aliphatic heterocycles. The molecule has 0 aliphatic rings. The highest BCUT2D eigenvalue weighted by Crippen LogP contribution is 2.22. The zero-order valence-electron chi connectivity index (χ0n) is 14.8. The summed E-state index contributed by atoms with van der Waals surface area (Å²) in [5.74, 6) is -2.64. The summed E-state index contributed by atoms with van der Waals surface area (Å²) in [6.07, 6.45) is 2.78. The van der Waals surface area contributed by atoms with Gasteiger partial charge in [-0.25, -0.2) is 8.78 Å². The zero-order chi connectivity index (χ0) is 20.1. The molecular formula is C20H16F2N4O2. The number of nitrogens with one attached hydrogen (secondary N) is 3. The molecule has 0 fully saturated rings. The maximum atomic E-state index is 13.7. The van der Waals surface area contributed by atoms with Gasteiger partial charge in [0.05, 0.1) is 17.4 Å². The highest BCUT2D eigenvalue weighted by molar-refractivity contribution is 6.04. The highest BCUT2D eigenvalue weighted by Gasteiger charge is 2.14. The van der Waals surface area contributed by atoms with Crippen molar-refractivity contribution in [1.82, 2.24) is 4.98 Å². The van der Waals surface area contributed by atoms with E-state index in [0.29, 0.717) is 17.1 Å². The van der Waals surface area contributed by atoms with Gasteiger partial charge in [0, 0.05) is 24.5 Å². The maximum Gasteiger partial charge on any atom is 0.257 e. The van der Waals surface area contributed by atoms with Gasteiger partial charge in [-0.05, 0) is 36.4 Å². The van der Waals surface area contributed by atoms with E-state index < -0.39 is 23.2 Å². The Morgan fingerprint density at radius 2 is 1.54 bits per heavy atom. The molecule has 3 rings (SSSR count). The molecule has 0 atom stereocenters. The maximum absolute atomic E-state index is 13.7. The summed E-state index contributed by atoms with van der Waals surface area (Å²) in [5.41, 5.74) is 1.35. The van der Waals surface area contributed by atoms with E-state index in [1.54, 1.807) is 24.3 Å². The molecule has 28 heavy (non-hydrogen) atoms. The van der Waals surface area contributed by atoms with Crippen LogP contribution in [0.1, 0.15) is 17.3 Å². The average Bonchev–Trinajstić information content (AvgIpc) is 2.65.